The van der Waals surface area contributed by atoms with Crippen molar-refractivity contribution in [2.24, 2.45) is 0 Å². The Hall–Kier alpha value is -5.52. The van der Waals surface area contributed by atoms with Gasteiger partial charge in [0.05, 0.1) is 37.6 Å². The van der Waals surface area contributed by atoms with E-state index in [0.29, 0.717) is 37.9 Å². The van der Waals surface area contributed by atoms with Crippen molar-refractivity contribution in [1.29, 1.82) is 0 Å². The van der Waals surface area contributed by atoms with E-state index >= 15 is 0 Å². The van der Waals surface area contributed by atoms with Crippen LogP contribution >= 0.6 is 0 Å². The van der Waals surface area contributed by atoms with E-state index in [1.54, 1.807) is 24.3 Å². The van der Waals surface area contributed by atoms with Crippen molar-refractivity contribution in [2.75, 3.05) is 26.4 Å². The smallest absolute Gasteiger partial charge is 0.343 e. The predicted molar refractivity (Wildman–Crippen MR) is 198 cm³/mol. The fourth-order valence-corrected chi connectivity index (χ4v) is 5.03. The van der Waals surface area contributed by atoms with Crippen LogP contribution in [0.15, 0.2) is 86.0 Å². The SMILES string of the molecule is C=CC(=O)OCCCCCCCCOc1ccc(C(=O)Oc2ccc(OC(=O)c3ccc(OCCCCCCCCOC(=O)C=C)cc3)c(F)c2F)cc1. The average Bonchev–Trinajstić information content (AvgIpc) is 3.19. The van der Waals surface area contributed by atoms with Crippen molar-refractivity contribution in [3.8, 4) is 23.0 Å². The maximum absolute atomic E-state index is 14.8. The molecule has 0 saturated carbocycles. The molecule has 12 heteroatoms. The number of hydrogen-bond acceptors (Lipinski definition) is 10. The third-order valence-electron chi connectivity index (χ3n) is 8.03. The van der Waals surface area contributed by atoms with Crippen molar-refractivity contribution in [1.82, 2.24) is 0 Å². The molecule has 3 rings (SSSR count). The Morgan fingerprint density at radius 1 is 0.463 bits per heavy atom. The van der Waals surface area contributed by atoms with E-state index in [9.17, 15) is 28.0 Å². The molecule has 3 aromatic carbocycles. The third-order valence-corrected chi connectivity index (χ3v) is 8.03. The second-order valence-corrected chi connectivity index (χ2v) is 12.2. The number of carbonyl (C=O) groups is 4. The van der Waals surface area contributed by atoms with Gasteiger partial charge in [0.1, 0.15) is 11.5 Å². The van der Waals surface area contributed by atoms with Gasteiger partial charge in [-0.25, -0.2) is 19.2 Å². The summed E-state index contributed by atoms with van der Waals surface area (Å²) in [6.45, 7) is 8.48. The number of rotatable bonds is 26. The molecule has 3 aromatic rings. The van der Waals surface area contributed by atoms with Gasteiger partial charge < -0.3 is 28.4 Å². The first-order chi connectivity index (χ1) is 26.2. The Kier molecular flexibility index (Phi) is 19.6. The lowest BCUT2D eigenvalue weighted by molar-refractivity contribution is -0.138. The molecule has 0 aromatic heterocycles. The number of ether oxygens (including phenoxy) is 6. The van der Waals surface area contributed by atoms with Crippen molar-refractivity contribution in [3.63, 3.8) is 0 Å². The Labute approximate surface area is 315 Å². The van der Waals surface area contributed by atoms with E-state index in [0.717, 1.165) is 101 Å². The minimum Gasteiger partial charge on any atom is -0.494 e. The summed E-state index contributed by atoms with van der Waals surface area (Å²) in [5.74, 6) is -5.84. The molecule has 0 aliphatic rings. The van der Waals surface area contributed by atoms with E-state index in [2.05, 4.69) is 13.2 Å². The highest BCUT2D eigenvalue weighted by molar-refractivity contribution is 5.92. The fourth-order valence-electron chi connectivity index (χ4n) is 5.03. The zero-order valence-electron chi connectivity index (χ0n) is 30.5. The highest BCUT2D eigenvalue weighted by Crippen LogP contribution is 2.29. The van der Waals surface area contributed by atoms with Gasteiger partial charge in [0.15, 0.2) is 11.5 Å². The number of benzene rings is 3. The van der Waals surface area contributed by atoms with Gasteiger partial charge in [-0.05, 0) is 86.3 Å². The summed E-state index contributed by atoms with van der Waals surface area (Å²) >= 11 is 0. The highest BCUT2D eigenvalue weighted by Gasteiger charge is 2.21. The molecule has 0 aliphatic heterocycles. The van der Waals surface area contributed by atoms with Gasteiger partial charge in [-0.1, -0.05) is 64.5 Å². The molecule has 0 N–H and O–H groups in total. The number of unbranched alkanes of at least 4 members (excludes halogenated alkanes) is 10. The van der Waals surface area contributed by atoms with Crippen LogP contribution in [0.4, 0.5) is 8.78 Å². The first-order valence-corrected chi connectivity index (χ1v) is 18.2. The van der Waals surface area contributed by atoms with Gasteiger partial charge >= 0.3 is 23.9 Å². The van der Waals surface area contributed by atoms with Crippen molar-refractivity contribution in [3.05, 3.63) is 109 Å². The molecular formula is C42H48F2O10. The summed E-state index contributed by atoms with van der Waals surface area (Å²) in [6, 6.07) is 14.2. The topological polar surface area (TPSA) is 124 Å². The molecule has 0 radical (unpaired) electrons. The van der Waals surface area contributed by atoms with Crippen molar-refractivity contribution < 1.29 is 56.4 Å². The molecule has 0 amide bonds. The molecule has 10 nitrogen and oxygen atoms in total. The van der Waals surface area contributed by atoms with Crippen LogP contribution in [0, 0.1) is 11.6 Å². The zero-order chi connectivity index (χ0) is 39.0. The molecule has 0 atom stereocenters. The van der Waals surface area contributed by atoms with Crippen LogP contribution in [-0.2, 0) is 19.1 Å². The standard InChI is InChI=1S/C42H48F2O10/c1-3-37(45)51-29-15-11-7-5-9-13-27-49-33-21-17-31(18-22-33)41(47)53-35-25-26-36(40(44)39(35)43)54-42(48)32-19-23-34(24-20-32)50-28-14-10-6-8-12-16-30-52-38(46)4-2/h3-4,17-26H,1-2,5-16,27-30H2. The second-order valence-electron chi connectivity index (χ2n) is 12.2. The summed E-state index contributed by atoms with van der Waals surface area (Å²) in [7, 11) is 0. The van der Waals surface area contributed by atoms with Crippen LogP contribution in [0.3, 0.4) is 0 Å². The molecule has 54 heavy (non-hydrogen) atoms. The Balaban J connectivity index is 1.34. The van der Waals surface area contributed by atoms with Crippen LogP contribution in [0.1, 0.15) is 97.8 Å². The number of halogens is 2. The van der Waals surface area contributed by atoms with E-state index in [4.69, 9.17) is 28.4 Å². The first-order valence-electron chi connectivity index (χ1n) is 18.2. The zero-order valence-corrected chi connectivity index (χ0v) is 30.5. The van der Waals surface area contributed by atoms with Gasteiger partial charge in [0.25, 0.3) is 0 Å². The highest BCUT2D eigenvalue weighted by atomic mass is 19.2. The Bertz CT molecular complexity index is 1530. The summed E-state index contributed by atoms with van der Waals surface area (Å²) in [6.07, 6.45) is 13.6. The normalized spacial score (nSPS) is 10.6. The summed E-state index contributed by atoms with van der Waals surface area (Å²) in [4.78, 5) is 47.3. The minimum atomic E-state index is -1.48. The van der Waals surface area contributed by atoms with Gasteiger partial charge in [-0.3, -0.25) is 0 Å². The summed E-state index contributed by atoms with van der Waals surface area (Å²) in [5, 5.41) is 0. The van der Waals surface area contributed by atoms with Crippen molar-refractivity contribution in [2.45, 2.75) is 77.0 Å². The van der Waals surface area contributed by atoms with E-state index in [1.807, 2.05) is 0 Å². The largest absolute Gasteiger partial charge is 0.494 e. The third kappa shape index (κ3) is 16.0. The Morgan fingerprint density at radius 2 is 0.778 bits per heavy atom. The van der Waals surface area contributed by atoms with Crippen molar-refractivity contribution >= 4 is 23.9 Å². The van der Waals surface area contributed by atoms with Gasteiger partial charge in [0.2, 0.25) is 11.6 Å². The molecule has 0 unspecified atom stereocenters. The van der Waals surface area contributed by atoms with E-state index in [1.165, 1.54) is 24.3 Å². The summed E-state index contributed by atoms with van der Waals surface area (Å²) < 4.78 is 61.2. The quantitative estimate of drug-likeness (QED) is 0.0339. The van der Waals surface area contributed by atoms with Crippen LogP contribution in [0.2, 0.25) is 0 Å². The van der Waals surface area contributed by atoms with Crippen LogP contribution < -0.4 is 18.9 Å². The van der Waals surface area contributed by atoms with Gasteiger partial charge in [-0.15, -0.1) is 0 Å². The lowest BCUT2D eigenvalue weighted by atomic mass is 10.1. The van der Waals surface area contributed by atoms with Gasteiger partial charge in [-0.2, -0.15) is 8.78 Å². The molecule has 0 aliphatic carbocycles. The lowest BCUT2D eigenvalue weighted by Gasteiger charge is -2.11. The van der Waals surface area contributed by atoms with E-state index in [-0.39, 0.29) is 11.1 Å². The van der Waals surface area contributed by atoms with Gasteiger partial charge in [0, 0.05) is 12.2 Å². The molecular weight excluding hydrogens is 702 g/mol. The molecule has 290 valence electrons. The maximum atomic E-state index is 14.8. The number of carbonyl (C=O) groups excluding carboxylic acids is 4. The molecule has 0 spiro atoms. The molecule has 0 fully saturated rings. The number of hydrogen-bond donors (Lipinski definition) is 0. The monoisotopic (exact) mass is 750 g/mol. The average molecular weight is 751 g/mol. The molecule has 0 heterocycles. The lowest BCUT2D eigenvalue weighted by Crippen LogP contribution is -2.12. The Morgan fingerprint density at radius 3 is 1.11 bits per heavy atom. The number of esters is 4. The predicted octanol–water partition coefficient (Wildman–Crippen LogP) is 9.30. The second kappa shape index (κ2) is 24.7. The van der Waals surface area contributed by atoms with Crippen LogP contribution in [-0.4, -0.2) is 50.3 Å². The minimum absolute atomic E-state index is 0.0984. The summed E-state index contributed by atoms with van der Waals surface area (Å²) in [5.41, 5.74) is 0.197. The van der Waals surface area contributed by atoms with Crippen LogP contribution in [0.5, 0.6) is 23.0 Å². The van der Waals surface area contributed by atoms with Crippen LogP contribution in [0.25, 0.3) is 0 Å². The molecule has 0 saturated heterocycles. The van der Waals surface area contributed by atoms with E-state index < -0.39 is 47.0 Å². The first kappa shape index (κ1) is 42.9. The molecule has 0 bridgehead atoms. The fraction of sp³-hybridized carbons (Fsp3) is 0.381. The maximum Gasteiger partial charge on any atom is 0.343 e.